The summed E-state index contributed by atoms with van der Waals surface area (Å²) in [5.41, 5.74) is 5.39. The summed E-state index contributed by atoms with van der Waals surface area (Å²) >= 11 is 1.37. The molecule has 92 valence electrons. The number of hydrogen-bond acceptors (Lipinski definition) is 5. The van der Waals surface area contributed by atoms with Gasteiger partial charge in [-0.3, -0.25) is 9.59 Å². The van der Waals surface area contributed by atoms with Crippen LogP contribution in [0.2, 0.25) is 0 Å². The molecular weight excluding hydrogens is 230 g/mol. The van der Waals surface area contributed by atoms with Crippen molar-refractivity contribution in [3.63, 3.8) is 0 Å². The number of hydrogen-bond donors (Lipinski definition) is 1. The number of nitroso groups, excluding NO2 is 1. The third-order valence-electron chi connectivity index (χ3n) is 1.93. The molecule has 0 aliphatic heterocycles. The number of thioether (sulfide) groups is 1. The van der Waals surface area contributed by atoms with Gasteiger partial charge in [-0.15, -0.1) is 4.91 Å². The Morgan fingerprint density at radius 3 is 2.38 bits per heavy atom. The summed E-state index contributed by atoms with van der Waals surface area (Å²) in [6.07, 6.45) is 0. The fourth-order valence-corrected chi connectivity index (χ4v) is 2.05. The van der Waals surface area contributed by atoms with E-state index >= 15 is 0 Å². The van der Waals surface area contributed by atoms with E-state index < -0.39 is 11.9 Å². The van der Waals surface area contributed by atoms with Crippen LogP contribution in [0.4, 0.5) is 0 Å². The summed E-state index contributed by atoms with van der Waals surface area (Å²) in [5.74, 6) is -0.0848. The molecule has 0 aromatic carbocycles. The first-order chi connectivity index (χ1) is 7.40. The minimum atomic E-state index is -0.871. The van der Waals surface area contributed by atoms with E-state index in [4.69, 9.17) is 5.73 Å². The van der Waals surface area contributed by atoms with Gasteiger partial charge in [-0.05, 0) is 0 Å². The van der Waals surface area contributed by atoms with E-state index in [9.17, 15) is 14.5 Å². The predicted molar refractivity (Wildman–Crippen MR) is 64.0 cm³/mol. The molecule has 0 bridgehead atoms. The molecule has 0 saturated heterocycles. The highest BCUT2D eigenvalue weighted by molar-refractivity contribution is 7.99. The maximum Gasteiger partial charge on any atom is 0.303 e. The minimum absolute atomic E-state index is 0.0286. The molecule has 0 spiro atoms. The number of carbonyl (C=O) groups is 2. The summed E-state index contributed by atoms with van der Waals surface area (Å²) in [6, 6.07) is -0.871. The van der Waals surface area contributed by atoms with Gasteiger partial charge in [-0.25, -0.2) is 0 Å². The van der Waals surface area contributed by atoms with Crippen molar-refractivity contribution in [2.24, 2.45) is 16.8 Å². The first kappa shape index (κ1) is 15.0. The Morgan fingerprint density at radius 2 is 1.94 bits per heavy atom. The first-order valence-electron chi connectivity index (χ1n) is 4.81. The topological polar surface area (TPSA) is 92.8 Å². The highest BCUT2D eigenvalue weighted by Gasteiger charge is 2.17. The molecule has 1 unspecified atom stereocenters. The molecule has 6 nitrogen and oxygen atoms in total. The summed E-state index contributed by atoms with van der Waals surface area (Å²) in [7, 11) is 3.38. The van der Waals surface area contributed by atoms with E-state index in [1.165, 1.54) is 16.7 Å². The second-order valence-corrected chi connectivity index (χ2v) is 4.78. The van der Waals surface area contributed by atoms with Crippen LogP contribution in [0.25, 0.3) is 0 Å². The molecular formula is C9H17N3O3S. The highest BCUT2D eigenvalue weighted by Crippen LogP contribution is 2.11. The lowest BCUT2D eigenvalue weighted by molar-refractivity contribution is -0.131. The lowest BCUT2D eigenvalue weighted by Crippen LogP contribution is -2.33. The largest absolute Gasteiger partial charge is 0.349 e. The maximum atomic E-state index is 11.5. The van der Waals surface area contributed by atoms with Crippen molar-refractivity contribution >= 4 is 23.6 Å². The van der Waals surface area contributed by atoms with Crippen molar-refractivity contribution in [3.05, 3.63) is 4.91 Å². The molecule has 16 heavy (non-hydrogen) atoms. The van der Waals surface area contributed by atoms with Gasteiger partial charge < -0.3 is 10.6 Å². The Bertz CT molecular complexity index is 271. The fraction of sp³-hybridized carbons (Fsp3) is 0.778. The lowest BCUT2D eigenvalue weighted by atomic mass is 10.2. The average molecular weight is 247 g/mol. The summed E-state index contributed by atoms with van der Waals surface area (Å²) in [5, 5.41) is 2.25. The zero-order chi connectivity index (χ0) is 12.7. The maximum absolute atomic E-state index is 11.5. The van der Waals surface area contributed by atoms with Crippen LogP contribution in [-0.2, 0) is 9.59 Å². The van der Waals surface area contributed by atoms with Gasteiger partial charge in [0, 0.05) is 36.7 Å². The number of nitrogens with zero attached hydrogens (tertiary/aromatic N) is 2. The van der Waals surface area contributed by atoms with E-state index in [0.717, 1.165) is 0 Å². The number of nitrogens with two attached hydrogens (primary N) is 1. The fourth-order valence-electron chi connectivity index (χ4n) is 1.02. The standard InChI is InChI=1S/C9H17N3O3S/c1-6(9(14)12(2)3)4-16-5-7(10)8(13)11-15/h6-7H,4-5,10H2,1-3H3/t6-,7?/m1/s1. The summed E-state index contributed by atoms with van der Waals surface area (Å²) in [6.45, 7) is 1.81. The highest BCUT2D eigenvalue weighted by atomic mass is 32.2. The van der Waals surface area contributed by atoms with Crippen LogP contribution in [0.1, 0.15) is 6.92 Å². The van der Waals surface area contributed by atoms with Gasteiger partial charge in [-0.1, -0.05) is 6.92 Å². The smallest absolute Gasteiger partial charge is 0.303 e. The van der Waals surface area contributed by atoms with Gasteiger partial charge in [0.1, 0.15) is 0 Å². The molecule has 2 amide bonds. The van der Waals surface area contributed by atoms with Crippen LogP contribution in [-0.4, -0.2) is 48.4 Å². The Kier molecular flexibility index (Phi) is 6.91. The van der Waals surface area contributed by atoms with Gasteiger partial charge in [0.2, 0.25) is 5.91 Å². The first-order valence-corrected chi connectivity index (χ1v) is 5.97. The van der Waals surface area contributed by atoms with Gasteiger partial charge in [0.15, 0.2) is 0 Å². The number of carbonyl (C=O) groups excluding carboxylic acids is 2. The van der Waals surface area contributed by atoms with Gasteiger partial charge in [-0.2, -0.15) is 11.8 Å². The number of rotatable bonds is 6. The summed E-state index contributed by atoms with van der Waals surface area (Å²) in [4.78, 5) is 33.6. The van der Waals surface area contributed by atoms with Crippen LogP contribution in [0, 0.1) is 10.8 Å². The third-order valence-corrected chi connectivity index (χ3v) is 3.27. The molecule has 0 rings (SSSR count). The molecule has 0 heterocycles. The molecule has 2 atom stereocenters. The van der Waals surface area contributed by atoms with Crippen molar-refractivity contribution in [3.8, 4) is 0 Å². The Hall–Kier alpha value is -0.950. The molecule has 0 aliphatic rings. The molecule has 0 radical (unpaired) electrons. The normalized spacial score (nSPS) is 14.0. The van der Waals surface area contributed by atoms with Crippen molar-refractivity contribution in [2.75, 3.05) is 25.6 Å². The Balaban J connectivity index is 3.86. The van der Waals surface area contributed by atoms with E-state index in [1.807, 2.05) is 0 Å². The predicted octanol–water partition coefficient (Wildman–Crippen LogP) is 0.0642. The quantitative estimate of drug-likeness (QED) is 0.670. The molecule has 0 fully saturated rings. The lowest BCUT2D eigenvalue weighted by Gasteiger charge is -2.16. The second-order valence-electron chi connectivity index (χ2n) is 3.71. The molecule has 0 aliphatic carbocycles. The zero-order valence-corrected chi connectivity index (χ0v) is 10.5. The minimum Gasteiger partial charge on any atom is -0.349 e. The molecule has 0 aromatic rings. The van der Waals surface area contributed by atoms with Crippen molar-refractivity contribution in [1.29, 1.82) is 0 Å². The van der Waals surface area contributed by atoms with Crippen LogP contribution < -0.4 is 5.73 Å². The molecule has 2 N–H and O–H groups in total. The van der Waals surface area contributed by atoms with Crippen molar-refractivity contribution in [1.82, 2.24) is 4.90 Å². The Labute approximate surface area is 98.9 Å². The van der Waals surface area contributed by atoms with E-state index in [1.54, 1.807) is 21.0 Å². The molecule has 0 aromatic heterocycles. The second kappa shape index (κ2) is 7.34. The van der Waals surface area contributed by atoms with Gasteiger partial charge in [0.25, 0.3) is 0 Å². The van der Waals surface area contributed by atoms with E-state index in [0.29, 0.717) is 11.5 Å². The average Bonchev–Trinajstić information content (AvgIpc) is 2.26. The van der Waals surface area contributed by atoms with Gasteiger partial charge in [0.05, 0.1) is 6.04 Å². The van der Waals surface area contributed by atoms with Gasteiger partial charge >= 0.3 is 5.91 Å². The van der Waals surface area contributed by atoms with Crippen LogP contribution in [0.5, 0.6) is 0 Å². The number of amides is 2. The van der Waals surface area contributed by atoms with E-state index in [-0.39, 0.29) is 11.8 Å². The van der Waals surface area contributed by atoms with Crippen LogP contribution in [0.15, 0.2) is 5.18 Å². The van der Waals surface area contributed by atoms with Crippen molar-refractivity contribution < 1.29 is 9.59 Å². The van der Waals surface area contributed by atoms with Crippen LogP contribution >= 0.6 is 11.8 Å². The SMILES string of the molecule is C[C@H](CSCC(N)C(=O)N=O)C(=O)N(C)C. The molecule has 0 saturated carbocycles. The molecule has 7 heteroatoms. The van der Waals surface area contributed by atoms with E-state index in [2.05, 4.69) is 5.18 Å². The monoisotopic (exact) mass is 247 g/mol. The van der Waals surface area contributed by atoms with Crippen LogP contribution in [0.3, 0.4) is 0 Å². The van der Waals surface area contributed by atoms with Crippen molar-refractivity contribution in [2.45, 2.75) is 13.0 Å². The Morgan fingerprint density at radius 1 is 1.38 bits per heavy atom. The summed E-state index contributed by atoms with van der Waals surface area (Å²) < 4.78 is 0. The zero-order valence-electron chi connectivity index (χ0n) is 9.67. The third kappa shape index (κ3) is 5.22.